The summed E-state index contributed by atoms with van der Waals surface area (Å²) >= 11 is 5.96. The molecule has 2 heterocycles. The van der Waals surface area contributed by atoms with Crippen LogP contribution in [0.25, 0.3) is 16.7 Å². The largest absolute Gasteiger partial charge is 0.379 e. The predicted octanol–water partition coefficient (Wildman–Crippen LogP) is 3.11. The van der Waals surface area contributed by atoms with Gasteiger partial charge in [-0.3, -0.25) is 9.69 Å². The number of hydrogen-bond acceptors (Lipinski definition) is 4. The zero-order valence-electron chi connectivity index (χ0n) is 13.8. The molecule has 0 spiro atoms. The standard InChI is InChI=1S/C19H19ClN2O3/c20-15-3-6-18-17(13-15)19(23)22(25-18)16-4-1-14(2-5-16)7-8-21-9-11-24-12-10-21/h1-6,13H,7-12H2. The summed E-state index contributed by atoms with van der Waals surface area (Å²) in [6.07, 6.45) is 0.977. The second-order valence-electron chi connectivity index (χ2n) is 6.20. The van der Waals surface area contributed by atoms with Crippen LogP contribution in [0, 0.1) is 0 Å². The normalized spacial score (nSPS) is 15.7. The van der Waals surface area contributed by atoms with Crippen molar-refractivity contribution in [2.24, 2.45) is 0 Å². The average molecular weight is 359 g/mol. The van der Waals surface area contributed by atoms with E-state index in [1.165, 1.54) is 10.3 Å². The maximum Gasteiger partial charge on any atom is 0.295 e. The molecule has 0 radical (unpaired) electrons. The van der Waals surface area contributed by atoms with Crippen molar-refractivity contribution in [1.29, 1.82) is 0 Å². The van der Waals surface area contributed by atoms with Crippen LogP contribution in [0.15, 0.2) is 51.8 Å². The third kappa shape index (κ3) is 3.49. The number of benzene rings is 2. The molecule has 3 aromatic rings. The Hall–Kier alpha value is -2.08. The summed E-state index contributed by atoms with van der Waals surface area (Å²) in [5.74, 6) is 0. The van der Waals surface area contributed by atoms with Crippen molar-refractivity contribution < 1.29 is 9.26 Å². The van der Waals surface area contributed by atoms with Crippen LogP contribution in [0.1, 0.15) is 5.56 Å². The van der Waals surface area contributed by atoms with Gasteiger partial charge < -0.3 is 9.26 Å². The van der Waals surface area contributed by atoms with E-state index in [1.807, 2.05) is 24.3 Å². The second kappa shape index (κ2) is 7.04. The van der Waals surface area contributed by atoms with Crippen molar-refractivity contribution in [2.75, 3.05) is 32.8 Å². The van der Waals surface area contributed by atoms with Gasteiger partial charge in [-0.25, -0.2) is 0 Å². The molecular weight excluding hydrogens is 340 g/mol. The number of morpholine rings is 1. The number of ether oxygens (including phenoxy) is 1. The van der Waals surface area contributed by atoms with Gasteiger partial charge in [0.15, 0.2) is 5.58 Å². The molecule has 1 aliphatic heterocycles. The third-order valence-corrected chi connectivity index (χ3v) is 4.77. The van der Waals surface area contributed by atoms with Crippen LogP contribution in [-0.2, 0) is 11.2 Å². The zero-order valence-corrected chi connectivity index (χ0v) is 14.5. The summed E-state index contributed by atoms with van der Waals surface area (Å²) in [5, 5.41) is 1.01. The summed E-state index contributed by atoms with van der Waals surface area (Å²) in [6, 6.07) is 13.0. The first-order valence-corrected chi connectivity index (χ1v) is 8.79. The maximum atomic E-state index is 12.5. The lowest BCUT2D eigenvalue weighted by Gasteiger charge is -2.26. The summed E-state index contributed by atoms with van der Waals surface area (Å²) in [5.41, 5.74) is 2.29. The van der Waals surface area contributed by atoms with Gasteiger partial charge in [-0.2, -0.15) is 0 Å². The molecule has 1 aliphatic rings. The van der Waals surface area contributed by atoms with Crippen molar-refractivity contribution in [3.63, 3.8) is 0 Å². The van der Waals surface area contributed by atoms with Gasteiger partial charge in [-0.15, -0.1) is 4.74 Å². The average Bonchev–Trinajstić information content (AvgIpc) is 2.98. The first-order valence-electron chi connectivity index (χ1n) is 8.42. The number of fused-ring (bicyclic) bond motifs is 1. The Labute approximate surface area is 150 Å². The van der Waals surface area contributed by atoms with E-state index in [2.05, 4.69) is 4.90 Å². The first kappa shape index (κ1) is 16.4. The van der Waals surface area contributed by atoms with Gasteiger partial charge in [0.05, 0.1) is 24.3 Å². The summed E-state index contributed by atoms with van der Waals surface area (Å²) in [4.78, 5) is 14.9. The topological polar surface area (TPSA) is 47.6 Å². The second-order valence-corrected chi connectivity index (χ2v) is 6.64. The first-order chi connectivity index (χ1) is 12.2. The lowest BCUT2D eigenvalue weighted by atomic mass is 10.1. The maximum absolute atomic E-state index is 12.5. The fourth-order valence-corrected chi connectivity index (χ4v) is 3.25. The van der Waals surface area contributed by atoms with E-state index < -0.39 is 0 Å². The molecule has 0 atom stereocenters. The molecule has 0 N–H and O–H groups in total. The third-order valence-electron chi connectivity index (χ3n) is 4.54. The van der Waals surface area contributed by atoms with Gasteiger partial charge in [-0.1, -0.05) is 23.7 Å². The molecule has 5 nitrogen and oxygen atoms in total. The molecule has 1 aromatic heterocycles. The van der Waals surface area contributed by atoms with Crippen LogP contribution in [-0.4, -0.2) is 42.5 Å². The molecule has 2 aromatic carbocycles. The Morgan fingerprint density at radius 2 is 1.80 bits per heavy atom. The van der Waals surface area contributed by atoms with Gasteiger partial charge in [-0.05, 0) is 42.3 Å². The fourth-order valence-electron chi connectivity index (χ4n) is 3.08. The lowest BCUT2D eigenvalue weighted by molar-refractivity contribution is 0.0384. The highest BCUT2D eigenvalue weighted by Gasteiger charge is 2.12. The van der Waals surface area contributed by atoms with Gasteiger partial charge in [0.2, 0.25) is 0 Å². The van der Waals surface area contributed by atoms with Crippen molar-refractivity contribution in [3.8, 4) is 5.69 Å². The summed E-state index contributed by atoms with van der Waals surface area (Å²) in [7, 11) is 0. The molecule has 0 saturated carbocycles. The smallest absolute Gasteiger partial charge is 0.295 e. The quantitative estimate of drug-likeness (QED) is 0.719. The van der Waals surface area contributed by atoms with Crippen LogP contribution in [0.2, 0.25) is 5.02 Å². The Kier molecular flexibility index (Phi) is 4.61. The molecule has 1 saturated heterocycles. The number of nitrogens with zero attached hydrogens (tertiary/aromatic N) is 2. The summed E-state index contributed by atoms with van der Waals surface area (Å²) < 4.78 is 12.3. The molecule has 25 heavy (non-hydrogen) atoms. The van der Waals surface area contributed by atoms with E-state index in [9.17, 15) is 4.79 Å². The van der Waals surface area contributed by atoms with E-state index in [0.717, 1.165) is 39.3 Å². The monoisotopic (exact) mass is 358 g/mol. The van der Waals surface area contributed by atoms with Crippen LogP contribution in [0.4, 0.5) is 0 Å². The Bertz CT molecular complexity index is 924. The molecule has 0 bridgehead atoms. The van der Waals surface area contributed by atoms with Crippen molar-refractivity contribution in [3.05, 3.63) is 63.4 Å². The SMILES string of the molecule is O=c1c2cc(Cl)ccc2on1-c1ccc(CCN2CCOCC2)cc1. The van der Waals surface area contributed by atoms with E-state index in [-0.39, 0.29) is 5.56 Å². The minimum Gasteiger partial charge on any atom is -0.379 e. The highest BCUT2D eigenvalue weighted by atomic mass is 35.5. The number of rotatable bonds is 4. The number of halogens is 1. The molecule has 4 rings (SSSR count). The van der Waals surface area contributed by atoms with Gasteiger partial charge >= 0.3 is 0 Å². The van der Waals surface area contributed by atoms with Crippen LogP contribution >= 0.6 is 11.6 Å². The minimum absolute atomic E-state index is 0.196. The van der Waals surface area contributed by atoms with Gasteiger partial charge in [0, 0.05) is 24.7 Å². The zero-order chi connectivity index (χ0) is 17.2. The molecule has 0 amide bonds. The predicted molar refractivity (Wildman–Crippen MR) is 97.8 cm³/mol. The van der Waals surface area contributed by atoms with Crippen molar-refractivity contribution >= 4 is 22.6 Å². The van der Waals surface area contributed by atoms with E-state index in [0.29, 0.717) is 21.7 Å². The number of hydrogen-bond donors (Lipinski definition) is 0. The van der Waals surface area contributed by atoms with Crippen LogP contribution in [0.5, 0.6) is 0 Å². The van der Waals surface area contributed by atoms with Crippen LogP contribution in [0.3, 0.4) is 0 Å². The molecule has 6 heteroatoms. The molecule has 1 fully saturated rings. The lowest BCUT2D eigenvalue weighted by Crippen LogP contribution is -2.37. The van der Waals surface area contributed by atoms with E-state index >= 15 is 0 Å². The van der Waals surface area contributed by atoms with Gasteiger partial charge in [0.25, 0.3) is 5.56 Å². The van der Waals surface area contributed by atoms with Gasteiger partial charge in [0.1, 0.15) is 0 Å². The Morgan fingerprint density at radius 3 is 2.56 bits per heavy atom. The Balaban J connectivity index is 1.52. The van der Waals surface area contributed by atoms with E-state index in [4.69, 9.17) is 20.9 Å². The Morgan fingerprint density at radius 1 is 1.04 bits per heavy atom. The highest BCUT2D eigenvalue weighted by molar-refractivity contribution is 6.31. The molecular formula is C19H19ClN2O3. The van der Waals surface area contributed by atoms with E-state index in [1.54, 1.807) is 18.2 Å². The molecule has 130 valence electrons. The van der Waals surface area contributed by atoms with Crippen molar-refractivity contribution in [1.82, 2.24) is 9.64 Å². The summed E-state index contributed by atoms with van der Waals surface area (Å²) in [6.45, 7) is 4.64. The minimum atomic E-state index is -0.196. The molecule has 0 aliphatic carbocycles. The van der Waals surface area contributed by atoms with Crippen molar-refractivity contribution in [2.45, 2.75) is 6.42 Å². The number of aromatic nitrogens is 1. The highest BCUT2D eigenvalue weighted by Crippen LogP contribution is 2.19. The molecule has 0 unspecified atom stereocenters. The van der Waals surface area contributed by atoms with Crippen LogP contribution < -0.4 is 5.56 Å². The fraction of sp³-hybridized carbons (Fsp3) is 0.316.